The highest BCUT2D eigenvalue weighted by Crippen LogP contribution is 2.24. The number of nitrogens with zero attached hydrogens (tertiary/aromatic N) is 3. The van der Waals surface area contributed by atoms with Gasteiger partial charge in [0.05, 0.1) is 6.20 Å². The van der Waals surface area contributed by atoms with Gasteiger partial charge in [-0.1, -0.05) is 0 Å². The average molecular weight is 272 g/mol. The maximum absolute atomic E-state index is 11.6. The van der Waals surface area contributed by atoms with Crippen LogP contribution in [0, 0.1) is 0 Å². The van der Waals surface area contributed by atoms with Crippen LogP contribution in [0.1, 0.15) is 6.42 Å². The van der Waals surface area contributed by atoms with Crippen molar-refractivity contribution < 1.29 is 4.79 Å². The molecule has 1 amide bonds. The van der Waals surface area contributed by atoms with E-state index >= 15 is 0 Å². The number of hydrogen-bond acceptors (Lipinski definition) is 5. The van der Waals surface area contributed by atoms with E-state index in [4.69, 9.17) is 11.5 Å². The average Bonchev–Trinajstić information content (AvgIpc) is 2.50. The largest absolute Gasteiger partial charge is 0.381 e. The van der Waals surface area contributed by atoms with Crippen molar-refractivity contribution in [3.05, 3.63) is 10.8 Å². The van der Waals surface area contributed by atoms with Crippen molar-refractivity contribution >= 4 is 33.5 Å². The number of carbonyl (C=O) groups excluding carboxylic acids is 1. The lowest BCUT2D eigenvalue weighted by molar-refractivity contribution is -0.117. The second-order valence-corrected chi connectivity index (χ2v) is 4.18. The van der Waals surface area contributed by atoms with Crippen LogP contribution in [0.4, 0.5) is 11.6 Å². The SMILES string of the molecule is Nc1ncc(Br)nc1N1CC(N)CC1=O. The molecule has 1 unspecified atom stereocenters. The van der Waals surface area contributed by atoms with Gasteiger partial charge in [0.25, 0.3) is 0 Å². The van der Waals surface area contributed by atoms with Crippen LogP contribution in [-0.2, 0) is 4.79 Å². The second-order valence-electron chi connectivity index (χ2n) is 3.37. The van der Waals surface area contributed by atoms with Gasteiger partial charge in [-0.3, -0.25) is 9.69 Å². The van der Waals surface area contributed by atoms with Gasteiger partial charge in [-0.05, 0) is 15.9 Å². The van der Waals surface area contributed by atoms with Crippen LogP contribution in [0.3, 0.4) is 0 Å². The number of halogens is 1. The van der Waals surface area contributed by atoms with E-state index in [2.05, 4.69) is 25.9 Å². The highest BCUT2D eigenvalue weighted by Gasteiger charge is 2.30. The summed E-state index contributed by atoms with van der Waals surface area (Å²) in [4.78, 5) is 21.1. The Morgan fingerprint density at radius 2 is 2.33 bits per heavy atom. The first kappa shape index (κ1) is 10.3. The first-order valence-corrected chi connectivity index (χ1v) is 5.21. The molecule has 1 fully saturated rings. The molecule has 15 heavy (non-hydrogen) atoms. The molecule has 0 aliphatic carbocycles. The minimum Gasteiger partial charge on any atom is -0.381 e. The summed E-state index contributed by atoms with van der Waals surface area (Å²) in [7, 11) is 0. The van der Waals surface area contributed by atoms with Gasteiger partial charge in [-0.15, -0.1) is 0 Å². The summed E-state index contributed by atoms with van der Waals surface area (Å²) in [5, 5.41) is 0. The topological polar surface area (TPSA) is 98.1 Å². The van der Waals surface area contributed by atoms with Gasteiger partial charge in [-0.25, -0.2) is 9.97 Å². The predicted molar refractivity (Wildman–Crippen MR) is 59.1 cm³/mol. The molecule has 0 bridgehead atoms. The third-order valence-electron chi connectivity index (χ3n) is 2.16. The van der Waals surface area contributed by atoms with E-state index in [0.717, 1.165) is 0 Å². The summed E-state index contributed by atoms with van der Waals surface area (Å²) in [6.07, 6.45) is 1.81. The molecule has 2 rings (SSSR count). The summed E-state index contributed by atoms with van der Waals surface area (Å²) in [6, 6.07) is -0.155. The van der Waals surface area contributed by atoms with Crippen LogP contribution in [0.25, 0.3) is 0 Å². The van der Waals surface area contributed by atoms with Crippen molar-refractivity contribution in [2.24, 2.45) is 5.73 Å². The lowest BCUT2D eigenvalue weighted by Gasteiger charge is -2.16. The van der Waals surface area contributed by atoms with Crippen LogP contribution >= 0.6 is 15.9 Å². The zero-order chi connectivity index (χ0) is 11.0. The van der Waals surface area contributed by atoms with E-state index in [1.54, 1.807) is 0 Å². The quantitative estimate of drug-likeness (QED) is 0.743. The molecule has 0 aromatic carbocycles. The highest BCUT2D eigenvalue weighted by molar-refractivity contribution is 9.10. The zero-order valence-electron chi connectivity index (χ0n) is 7.85. The second kappa shape index (κ2) is 3.74. The Morgan fingerprint density at radius 3 is 2.93 bits per heavy atom. The number of amides is 1. The molecular weight excluding hydrogens is 262 g/mol. The van der Waals surface area contributed by atoms with Crippen LogP contribution in [0.2, 0.25) is 0 Å². The van der Waals surface area contributed by atoms with E-state index in [1.807, 2.05) is 0 Å². The van der Waals surface area contributed by atoms with Gasteiger partial charge in [0.1, 0.15) is 4.60 Å². The minimum absolute atomic E-state index is 0.0680. The van der Waals surface area contributed by atoms with Gasteiger partial charge < -0.3 is 11.5 Å². The van der Waals surface area contributed by atoms with Gasteiger partial charge in [0.2, 0.25) is 5.91 Å². The van der Waals surface area contributed by atoms with Gasteiger partial charge in [0.15, 0.2) is 11.6 Å². The number of aromatic nitrogens is 2. The number of nitrogen functional groups attached to an aromatic ring is 1. The third-order valence-corrected chi connectivity index (χ3v) is 2.54. The number of anilines is 2. The van der Waals surface area contributed by atoms with E-state index < -0.39 is 0 Å². The van der Waals surface area contributed by atoms with Crippen LogP contribution in [0.5, 0.6) is 0 Å². The van der Waals surface area contributed by atoms with Crippen LogP contribution in [0.15, 0.2) is 10.8 Å². The van der Waals surface area contributed by atoms with Gasteiger partial charge >= 0.3 is 0 Å². The standard InChI is InChI=1S/C8H10BrN5O/c9-5-2-12-7(11)8(13-5)14-3-4(10)1-6(14)15/h2,4H,1,3,10H2,(H2,11,12). The lowest BCUT2D eigenvalue weighted by Crippen LogP contribution is -2.29. The molecular formula is C8H10BrN5O. The van der Waals surface area contributed by atoms with E-state index in [-0.39, 0.29) is 17.8 Å². The Kier molecular flexibility index (Phi) is 2.57. The number of hydrogen-bond donors (Lipinski definition) is 2. The number of carbonyl (C=O) groups is 1. The van der Waals surface area contributed by atoms with Gasteiger partial charge in [0, 0.05) is 19.0 Å². The summed E-state index contributed by atoms with van der Waals surface area (Å²) < 4.78 is 0.542. The third kappa shape index (κ3) is 1.93. The normalized spacial score (nSPS) is 21.1. The monoisotopic (exact) mass is 271 g/mol. The molecule has 4 N–H and O–H groups in total. The fourth-order valence-electron chi connectivity index (χ4n) is 1.51. The Bertz CT molecular complexity index is 410. The predicted octanol–water partition coefficient (Wildman–Crippen LogP) is -0.115. The molecule has 1 aromatic heterocycles. The molecule has 2 heterocycles. The zero-order valence-corrected chi connectivity index (χ0v) is 9.44. The van der Waals surface area contributed by atoms with E-state index in [9.17, 15) is 4.79 Å². The Hall–Kier alpha value is -1.21. The Labute approximate surface area is 94.8 Å². The summed E-state index contributed by atoms with van der Waals surface area (Å²) >= 11 is 3.18. The molecule has 7 heteroatoms. The van der Waals surface area contributed by atoms with E-state index in [1.165, 1.54) is 11.1 Å². The molecule has 0 spiro atoms. The maximum atomic E-state index is 11.6. The van der Waals surface area contributed by atoms with Crippen molar-refractivity contribution in [2.45, 2.75) is 12.5 Å². The van der Waals surface area contributed by atoms with Crippen LogP contribution in [-0.4, -0.2) is 28.5 Å². The molecule has 1 aliphatic heterocycles. The molecule has 0 radical (unpaired) electrons. The Balaban J connectivity index is 2.37. The molecule has 0 saturated carbocycles. The minimum atomic E-state index is -0.155. The molecule has 6 nitrogen and oxygen atoms in total. The Morgan fingerprint density at radius 1 is 1.60 bits per heavy atom. The molecule has 1 saturated heterocycles. The molecule has 80 valence electrons. The lowest BCUT2D eigenvalue weighted by atomic mass is 10.3. The summed E-state index contributed by atoms with van der Waals surface area (Å²) in [5.41, 5.74) is 11.3. The molecule has 1 atom stereocenters. The fourth-order valence-corrected chi connectivity index (χ4v) is 1.78. The highest BCUT2D eigenvalue weighted by atomic mass is 79.9. The first-order valence-electron chi connectivity index (χ1n) is 4.42. The maximum Gasteiger partial charge on any atom is 0.229 e. The molecule has 1 aromatic rings. The van der Waals surface area contributed by atoms with Crippen molar-refractivity contribution in [3.8, 4) is 0 Å². The number of rotatable bonds is 1. The van der Waals surface area contributed by atoms with Gasteiger partial charge in [-0.2, -0.15) is 0 Å². The fraction of sp³-hybridized carbons (Fsp3) is 0.375. The van der Waals surface area contributed by atoms with E-state index in [0.29, 0.717) is 23.4 Å². The van der Waals surface area contributed by atoms with Crippen molar-refractivity contribution in [1.82, 2.24) is 9.97 Å². The first-order chi connectivity index (χ1) is 7.08. The summed E-state index contributed by atoms with van der Waals surface area (Å²) in [5.74, 6) is 0.546. The number of nitrogens with two attached hydrogens (primary N) is 2. The summed E-state index contributed by atoms with van der Waals surface area (Å²) in [6.45, 7) is 0.439. The molecule has 1 aliphatic rings. The van der Waals surface area contributed by atoms with Crippen molar-refractivity contribution in [1.29, 1.82) is 0 Å². The van der Waals surface area contributed by atoms with Crippen LogP contribution < -0.4 is 16.4 Å². The van der Waals surface area contributed by atoms with Crippen molar-refractivity contribution in [2.75, 3.05) is 17.2 Å². The smallest absolute Gasteiger partial charge is 0.229 e. The van der Waals surface area contributed by atoms with Crippen molar-refractivity contribution in [3.63, 3.8) is 0 Å².